The van der Waals surface area contributed by atoms with Gasteiger partial charge >= 0.3 is 0 Å². The molecule has 1 aliphatic carbocycles. The first-order chi connectivity index (χ1) is 16.3. The van der Waals surface area contributed by atoms with Gasteiger partial charge in [-0.2, -0.15) is 0 Å². The van der Waals surface area contributed by atoms with E-state index in [4.69, 9.17) is 16.0 Å². The van der Waals surface area contributed by atoms with Crippen molar-refractivity contribution < 1.29 is 4.42 Å². The van der Waals surface area contributed by atoms with Crippen molar-refractivity contribution in [1.82, 2.24) is 0 Å². The summed E-state index contributed by atoms with van der Waals surface area (Å²) in [4.78, 5) is 0. The number of fused-ring (bicyclic) bond motifs is 1. The van der Waals surface area contributed by atoms with Crippen molar-refractivity contribution in [1.29, 1.82) is 0 Å². The van der Waals surface area contributed by atoms with E-state index >= 15 is 0 Å². The highest BCUT2D eigenvalue weighted by atomic mass is 35.5. The lowest BCUT2D eigenvalue weighted by atomic mass is 9.71. The minimum absolute atomic E-state index is 0.207. The minimum Gasteiger partial charge on any atom is -0.459 e. The topological polar surface area (TPSA) is 13.1 Å². The van der Waals surface area contributed by atoms with Crippen LogP contribution in [-0.2, 0) is 5.41 Å². The van der Waals surface area contributed by atoms with Crippen molar-refractivity contribution in [2.45, 2.75) is 17.8 Å². The lowest BCUT2D eigenvalue weighted by Gasteiger charge is -2.31. The highest BCUT2D eigenvalue weighted by Crippen LogP contribution is 2.57. The smallest absolute Gasteiger partial charge is 0.134 e. The fourth-order valence-corrected chi connectivity index (χ4v) is 5.48. The molecule has 1 aliphatic rings. The summed E-state index contributed by atoms with van der Waals surface area (Å²) in [7, 11) is 0. The molecular formula is C31H23ClO. The third-order valence-corrected chi connectivity index (χ3v) is 7.15. The number of hydrogen-bond donors (Lipinski definition) is 0. The molecule has 0 amide bonds. The average molecular weight is 447 g/mol. The Morgan fingerprint density at radius 1 is 0.667 bits per heavy atom. The van der Waals surface area contributed by atoms with Crippen LogP contribution < -0.4 is 0 Å². The van der Waals surface area contributed by atoms with Crippen LogP contribution >= 0.6 is 11.6 Å². The first kappa shape index (κ1) is 20.1. The van der Waals surface area contributed by atoms with Crippen molar-refractivity contribution in [2.24, 2.45) is 0 Å². The van der Waals surface area contributed by atoms with Crippen molar-refractivity contribution in [3.8, 4) is 11.3 Å². The van der Waals surface area contributed by atoms with Crippen LogP contribution in [0.15, 0.2) is 126 Å². The van der Waals surface area contributed by atoms with Crippen molar-refractivity contribution in [2.75, 3.05) is 0 Å². The van der Waals surface area contributed by atoms with Crippen LogP contribution in [0, 0.1) is 0 Å². The molecule has 0 N–H and O–H groups in total. The molecule has 0 radical (unpaired) electrons. The maximum Gasteiger partial charge on any atom is 0.134 e. The lowest BCUT2D eigenvalue weighted by molar-refractivity contribution is 0.438. The summed E-state index contributed by atoms with van der Waals surface area (Å²) in [5, 5.41) is 0.756. The molecule has 0 aliphatic heterocycles. The van der Waals surface area contributed by atoms with Crippen LogP contribution in [0.25, 0.3) is 11.3 Å². The molecule has 1 atom stereocenters. The number of rotatable bonds is 4. The monoisotopic (exact) mass is 446 g/mol. The van der Waals surface area contributed by atoms with Crippen LogP contribution in [0.1, 0.15) is 40.4 Å². The fraction of sp³-hybridized carbons (Fsp3) is 0.0968. The van der Waals surface area contributed by atoms with Crippen LogP contribution in [-0.4, -0.2) is 0 Å². The normalized spacial score (nSPS) is 16.5. The molecule has 0 bridgehead atoms. The Balaban J connectivity index is 1.63. The standard InChI is InChI=1S/C31H23ClO/c32-26-18-16-22(17-19-26)28-21-31(24-12-6-2-7-13-24,25-14-8-3-9-15-25)30-27(28)20-29(33-30)23-10-4-1-5-11-23/h1-20,28H,21H2. The van der Waals surface area contributed by atoms with Gasteiger partial charge in [-0.15, -0.1) is 0 Å². The quantitative estimate of drug-likeness (QED) is 0.270. The molecule has 33 heavy (non-hydrogen) atoms. The highest BCUT2D eigenvalue weighted by Gasteiger charge is 2.50. The fourth-order valence-electron chi connectivity index (χ4n) is 5.35. The van der Waals surface area contributed by atoms with Gasteiger partial charge in [0.1, 0.15) is 11.5 Å². The second-order valence-corrected chi connectivity index (χ2v) is 9.14. The van der Waals surface area contributed by atoms with Gasteiger partial charge in [0.2, 0.25) is 0 Å². The van der Waals surface area contributed by atoms with Gasteiger partial charge in [-0.1, -0.05) is 115 Å². The van der Waals surface area contributed by atoms with Crippen molar-refractivity contribution in [3.63, 3.8) is 0 Å². The van der Waals surface area contributed by atoms with Gasteiger partial charge in [-0.3, -0.25) is 0 Å². The molecule has 0 fully saturated rings. The Bertz CT molecular complexity index is 1330. The van der Waals surface area contributed by atoms with E-state index < -0.39 is 0 Å². The van der Waals surface area contributed by atoms with Gasteiger partial charge in [0.05, 0.1) is 5.41 Å². The van der Waals surface area contributed by atoms with E-state index in [9.17, 15) is 0 Å². The summed E-state index contributed by atoms with van der Waals surface area (Å²) in [5.74, 6) is 2.16. The van der Waals surface area contributed by atoms with Gasteiger partial charge in [0, 0.05) is 22.1 Å². The highest BCUT2D eigenvalue weighted by molar-refractivity contribution is 6.30. The van der Waals surface area contributed by atoms with Crippen LogP contribution in [0.3, 0.4) is 0 Å². The van der Waals surface area contributed by atoms with Crippen molar-refractivity contribution in [3.05, 3.63) is 154 Å². The van der Waals surface area contributed by atoms with E-state index in [0.29, 0.717) is 0 Å². The Morgan fingerprint density at radius 3 is 1.79 bits per heavy atom. The van der Waals surface area contributed by atoms with Crippen molar-refractivity contribution >= 4 is 11.6 Å². The molecule has 6 rings (SSSR count). The third-order valence-electron chi connectivity index (χ3n) is 6.90. The van der Waals surface area contributed by atoms with Crippen LogP contribution in [0.5, 0.6) is 0 Å². The Hall–Kier alpha value is -3.55. The summed E-state index contributed by atoms with van der Waals surface area (Å²) in [6, 6.07) is 42.4. The second-order valence-electron chi connectivity index (χ2n) is 8.71. The summed E-state index contributed by atoms with van der Waals surface area (Å²) < 4.78 is 6.79. The van der Waals surface area contributed by atoms with Gasteiger partial charge in [-0.05, 0) is 41.3 Å². The first-order valence-corrected chi connectivity index (χ1v) is 11.7. The average Bonchev–Trinajstić information content (AvgIpc) is 3.45. The molecule has 0 saturated heterocycles. The molecule has 0 saturated carbocycles. The summed E-state index contributed by atoms with van der Waals surface area (Å²) in [6.07, 6.45) is 0.909. The van der Waals surface area contributed by atoms with E-state index in [0.717, 1.165) is 28.5 Å². The van der Waals surface area contributed by atoms with E-state index in [1.807, 2.05) is 18.2 Å². The summed E-state index contributed by atoms with van der Waals surface area (Å²) >= 11 is 6.23. The number of halogens is 1. The van der Waals surface area contributed by atoms with E-state index in [1.165, 1.54) is 22.3 Å². The summed E-state index contributed by atoms with van der Waals surface area (Å²) in [5.41, 5.74) is 5.75. The zero-order chi connectivity index (χ0) is 22.3. The number of benzene rings is 4. The van der Waals surface area contributed by atoms with Crippen LogP contribution in [0.2, 0.25) is 5.02 Å². The SMILES string of the molecule is Clc1ccc(C2CC(c3ccccc3)(c3ccccc3)c3oc(-c4ccccc4)cc32)cc1. The van der Waals surface area contributed by atoms with E-state index in [2.05, 4.69) is 103 Å². The largest absolute Gasteiger partial charge is 0.459 e. The number of furan rings is 1. The molecule has 1 nitrogen and oxygen atoms in total. The third kappa shape index (κ3) is 3.32. The zero-order valence-corrected chi connectivity index (χ0v) is 18.9. The lowest BCUT2D eigenvalue weighted by Crippen LogP contribution is -2.26. The summed E-state index contributed by atoms with van der Waals surface area (Å²) in [6.45, 7) is 0. The van der Waals surface area contributed by atoms with Gasteiger partial charge in [0.15, 0.2) is 0 Å². The molecule has 1 unspecified atom stereocenters. The second kappa shape index (κ2) is 8.10. The zero-order valence-electron chi connectivity index (χ0n) is 18.1. The van der Waals surface area contributed by atoms with Gasteiger partial charge in [0.25, 0.3) is 0 Å². The van der Waals surface area contributed by atoms with E-state index in [1.54, 1.807) is 0 Å². The minimum atomic E-state index is -0.366. The maximum atomic E-state index is 6.79. The molecule has 1 heterocycles. The molecule has 4 aromatic carbocycles. The maximum absolute atomic E-state index is 6.79. The Morgan fingerprint density at radius 2 is 1.21 bits per heavy atom. The molecule has 5 aromatic rings. The van der Waals surface area contributed by atoms with E-state index in [-0.39, 0.29) is 11.3 Å². The molecule has 160 valence electrons. The van der Waals surface area contributed by atoms with Gasteiger partial charge in [-0.25, -0.2) is 0 Å². The molecule has 1 aromatic heterocycles. The molecule has 0 spiro atoms. The molecule has 2 heteroatoms. The van der Waals surface area contributed by atoms with Crippen LogP contribution in [0.4, 0.5) is 0 Å². The number of hydrogen-bond acceptors (Lipinski definition) is 1. The predicted octanol–water partition coefficient (Wildman–Crippen LogP) is 8.47. The predicted molar refractivity (Wildman–Crippen MR) is 135 cm³/mol. The Kier molecular flexibility index (Phi) is 4.93. The Labute approximate surface area is 199 Å². The first-order valence-electron chi connectivity index (χ1n) is 11.3. The molecular weight excluding hydrogens is 424 g/mol. The van der Waals surface area contributed by atoms with Gasteiger partial charge < -0.3 is 4.42 Å².